The van der Waals surface area contributed by atoms with Crippen molar-refractivity contribution < 1.29 is 4.79 Å². The van der Waals surface area contributed by atoms with Crippen molar-refractivity contribution in [3.63, 3.8) is 0 Å². The summed E-state index contributed by atoms with van der Waals surface area (Å²) >= 11 is 10.8. The molecular weight excluding hydrogens is 324 g/mol. The van der Waals surface area contributed by atoms with Crippen LogP contribution in [-0.2, 0) is 0 Å². The normalized spacial score (nSPS) is 11.1. The van der Waals surface area contributed by atoms with Gasteiger partial charge in [-0.15, -0.1) is 11.3 Å². The van der Waals surface area contributed by atoms with E-state index in [0.29, 0.717) is 16.3 Å². The summed E-state index contributed by atoms with van der Waals surface area (Å²) in [4.78, 5) is 12.3. The molecule has 0 unspecified atom stereocenters. The third kappa shape index (κ3) is 2.46. The molecule has 0 aliphatic rings. The molecule has 0 fully saturated rings. The quantitative estimate of drug-likeness (QED) is 0.790. The summed E-state index contributed by atoms with van der Waals surface area (Å²) in [6, 6.07) is 1.89. The first-order valence-electron chi connectivity index (χ1n) is 5.02. The van der Waals surface area contributed by atoms with Gasteiger partial charge in [-0.05, 0) is 35.8 Å². The zero-order valence-corrected chi connectivity index (χ0v) is 12.4. The maximum atomic E-state index is 12.3. The molecule has 0 aliphatic heterocycles. The highest BCUT2D eigenvalue weighted by molar-refractivity contribution is 9.11. The Bertz CT molecular complexity index is 562. The van der Waals surface area contributed by atoms with E-state index in [1.165, 1.54) is 17.5 Å². The van der Waals surface area contributed by atoms with E-state index in [2.05, 4.69) is 21.0 Å². The highest BCUT2D eigenvalue weighted by Gasteiger charge is 2.21. The summed E-state index contributed by atoms with van der Waals surface area (Å²) < 4.78 is 2.57. The third-order valence-corrected chi connectivity index (χ3v) is 4.07. The van der Waals surface area contributed by atoms with E-state index in [0.717, 1.165) is 3.79 Å². The molecule has 2 heterocycles. The van der Waals surface area contributed by atoms with Crippen LogP contribution >= 0.6 is 38.9 Å². The van der Waals surface area contributed by atoms with Crippen molar-refractivity contribution >= 4 is 44.7 Å². The Balaban J connectivity index is 2.47. The fraction of sp³-hybridized carbons (Fsp3) is 0.273. The van der Waals surface area contributed by atoms with Crippen molar-refractivity contribution in [2.45, 2.75) is 19.9 Å². The first-order chi connectivity index (χ1) is 8.00. The lowest BCUT2D eigenvalue weighted by atomic mass is 10.1. The van der Waals surface area contributed by atoms with Crippen molar-refractivity contribution in [3.8, 4) is 0 Å². The van der Waals surface area contributed by atoms with E-state index >= 15 is 0 Å². The van der Waals surface area contributed by atoms with Crippen molar-refractivity contribution in [1.82, 2.24) is 9.78 Å². The molecule has 0 saturated heterocycles. The molecule has 2 aromatic heterocycles. The molecule has 0 saturated carbocycles. The number of carbonyl (C=O) groups excluding carboxylic acids is 1. The monoisotopic (exact) mass is 332 g/mol. The highest BCUT2D eigenvalue weighted by atomic mass is 79.9. The van der Waals surface area contributed by atoms with Crippen molar-refractivity contribution in [1.29, 1.82) is 0 Å². The van der Waals surface area contributed by atoms with Gasteiger partial charge in [0.15, 0.2) is 0 Å². The van der Waals surface area contributed by atoms with Crippen LogP contribution in [0, 0.1) is 0 Å². The Labute approximate surface area is 117 Å². The van der Waals surface area contributed by atoms with Gasteiger partial charge in [0.1, 0.15) is 5.69 Å². The van der Waals surface area contributed by atoms with Crippen LogP contribution < -0.4 is 0 Å². The summed E-state index contributed by atoms with van der Waals surface area (Å²) in [5, 5.41) is 6.32. The van der Waals surface area contributed by atoms with Gasteiger partial charge in [-0.2, -0.15) is 5.10 Å². The van der Waals surface area contributed by atoms with Crippen LogP contribution in [0.2, 0.25) is 5.02 Å². The van der Waals surface area contributed by atoms with Crippen LogP contribution in [0.15, 0.2) is 21.4 Å². The molecule has 0 amide bonds. The number of halogens is 2. The van der Waals surface area contributed by atoms with Gasteiger partial charge in [0, 0.05) is 17.0 Å². The van der Waals surface area contributed by atoms with Crippen molar-refractivity contribution in [2.75, 3.05) is 0 Å². The molecule has 17 heavy (non-hydrogen) atoms. The average Bonchev–Trinajstić information content (AvgIpc) is 2.83. The van der Waals surface area contributed by atoms with E-state index in [9.17, 15) is 4.79 Å². The Morgan fingerprint density at radius 1 is 1.59 bits per heavy atom. The van der Waals surface area contributed by atoms with Crippen LogP contribution in [0.25, 0.3) is 0 Å². The minimum Gasteiger partial charge on any atom is -0.287 e. The number of nitrogens with zero attached hydrogens (tertiary/aromatic N) is 2. The molecule has 90 valence electrons. The molecule has 0 spiro atoms. The third-order valence-electron chi connectivity index (χ3n) is 2.28. The molecule has 6 heteroatoms. The van der Waals surface area contributed by atoms with Gasteiger partial charge in [0.2, 0.25) is 5.78 Å². The fourth-order valence-corrected chi connectivity index (χ4v) is 2.86. The van der Waals surface area contributed by atoms with Gasteiger partial charge < -0.3 is 0 Å². The summed E-state index contributed by atoms with van der Waals surface area (Å²) in [5.41, 5.74) is 1.08. The molecule has 2 rings (SSSR count). The van der Waals surface area contributed by atoms with E-state index in [1.54, 1.807) is 16.1 Å². The summed E-state index contributed by atoms with van der Waals surface area (Å²) in [6.07, 6.45) is 1.51. The molecule has 3 nitrogen and oxygen atoms in total. The molecule has 0 aromatic carbocycles. The maximum absolute atomic E-state index is 12.3. The minimum atomic E-state index is -0.0943. The Morgan fingerprint density at radius 3 is 2.82 bits per heavy atom. The lowest BCUT2D eigenvalue weighted by Crippen LogP contribution is -2.13. The fourth-order valence-electron chi connectivity index (χ4n) is 1.51. The second-order valence-corrected chi connectivity index (χ2v) is 6.55. The number of rotatable bonds is 3. The Hall–Kier alpha value is -0.650. The SMILES string of the molecule is CC(C)n1ncc(Cl)c1C(=O)c1csc(Br)c1. The predicted molar refractivity (Wildman–Crippen MR) is 73.1 cm³/mol. The molecule has 0 bridgehead atoms. The van der Waals surface area contributed by atoms with Gasteiger partial charge in [-0.3, -0.25) is 9.48 Å². The standard InChI is InChI=1S/C11H10BrClN2OS/c1-6(2)15-10(8(13)4-14-15)11(16)7-3-9(12)17-5-7/h3-6H,1-2H3. The molecule has 0 aliphatic carbocycles. The zero-order valence-electron chi connectivity index (χ0n) is 9.28. The van der Waals surface area contributed by atoms with E-state index < -0.39 is 0 Å². The Morgan fingerprint density at radius 2 is 2.29 bits per heavy atom. The number of hydrogen-bond acceptors (Lipinski definition) is 3. The molecule has 0 atom stereocenters. The topological polar surface area (TPSA) is 34.9 Å². The molecule has 0 N–H and O–H groups in total. The largest absolute Gasteiger partial charge is 0.287 e. The van der Waals surface area contributed by atoms with Gasteiger partial charge >= 0.3 is 0 Å². The van der Waals surface area contributed by atoms with Gasteiger partial charge in [-0.1, -0.05) is 11.6 Å². The van der Waals surface area contributed by atoms with E-state index in [4.69, 9.17) is 11.6 Å². The number of carbonyl (C=O) groups is 1. The summed E-state index contributed by atoms with van der Waals surface area (Å²) in [7, 11) is 0. The Kier molecular flexibility index (Phi) is 3.70. The number of hydrogen-bond donors (Lipinski definition) is 0. The number of ketones is 1. The van der Waals surface area contributed by atoms with Crippen molar-refractivity contribution in [2.24, 2.45) is 0 Å². The highest BCUT2D eigenvalue weighted by Crippen LogP contribution is 2.26. The van der Waals surface area contributed by atoms with Gasteiger partial charge in [-0.25, -0.2) is 0 Å². The van der Waals surface area contributed by atoms with Gasteiger partial charge in [0.25, 0.3) is 0 Å². The zero-order chi connectivity index (χ0) is 12.6. The van der Waals surface area contributed by atoms with Crippen LogP contribution in [-0.4, -0.2) is 15.6 Å². The van der Waals surface area contributed by atoms with Gasteiger partial charge in [0.05, 0.1) is 15.0 Å². The second kappa shape index (κ2) is 4.92. The molecule has 2 aromatic rings. The van der Waals surface area contributed by atoms with E-state index in [1.807, 2.05) is 13.8 Å². The smallest absolute Gasteiger partial charge is 0.213 e. The van der Waals surface area contributed by atoms with Crippen LogP contribution in [0.4, 0.5) is 0 Å². The van der Waals surface area contributed by atoms with Crippen molar-refractivity contribution in [3.05, 3.63) is 37.7 Å². The molecular formula is C11H10BrClN2OS. The van der Waals surface area contributed by atoms with Crippen LogP contribution in [0.3, 0.4) is 0 Å². The first kappa shape index (κ1) is 12.8. The number of aromatic nitrogens is 2. The number of thiophene rings is 1. The summed E-state index contributed by atoms with van der Waals surface area (Å²) in [5.74, 6) is -0.0943. The second-order valence-electron chi connectivity index (χ2n) is 3.85. The first-order valence-corrected chi connectivity index (χ1v) is 7.07. The van der Waals surface area contributed by atoms with E-state index in [-0.39, 0.29) is 11.8 Å². The maximum Gasteiger partial charge on any atom is 0.213 e. The molecule has 0 radical (unpaired) electrons. The lowest BCUT2D eigenvalue weighted by molar-refractivity contribution is 0.102. The van der Waals surface area contributed by atoms with Crippen LogP contribution in [0.5, 0.6) is 0 Å². The summed E-state index contributed by atoms with van der Waals surface area (Å²) in [6.45, 7) is 3.92. The minimum absolute atomic E-state index is 0.0943. The average molecular weight is 334 g/mol. The lowest BCUT2D eigenvalue weighted by Gasteiger charge is -2.09. The van der Waals surface area contributed by atoms with Crippen LogP contribution in [0.1, 0.15) is 35.9 Å². The predicted octanol–water partition coefficient (Wildman–Crippen LogP) is 4.17.